The van der Waals surface area contributed by atoms with Crippen molar-refractivity contribution in [2.24, 2.45) is 5.41 Å². The Morgan fingerprint density at radius 1 is 1.17 bits per heavy atom. The van der Waals surface area contributed by atoms with Gasteiger partial charge in [-0.15, -0.1) is 0 Å². The van der Waals surface area contributed by atoms with E-state index in [0.29, 0.717) is 5.41 Å². The van der Waals surface area contributed by atoms with Crippen molar-refractivity contribution in [1.82, 2.24) is 0 Å². The Balaban J connectivity index is 3.88. The maximum absolute atomic E-state index is 4.18. The summed E-state index contributed by atoms with van der Waals surface area (Å²) in [5.74, 6) is 0. The SMILES string of the molecule is C=C(CCCC)C(C)(C)CCC. The van der Waals surface area contributed by atoms with Crippen LogP contribution in [0.5, 0.6) is 0 Å². The first-order valence-electron chi connectivity index (χ1n) is 5.22. The Labute approximate surface area is 78.1 Å². The summed E-state index contributed by atoms with van der Waals surface area (Å²) in [6.45, 7) is 13.3. The second kappa shape index (κ2) is 5.40. The molecule has 0 heteroatoms. The van der Waals surface area contributed by atoms with Gasteiger partial charge in [-0.05, 0) is 24.7 Å². The topological polar surface area (TPSA) is 0 Å². The molecule has 0 aromatic rings. The molecule has 0 radical (unpaired) electrons. The third kappa shape index (κ3) is 3.94. The molecule has 0 unspecified atom stereocenters. The smallest absolute Gasteiger partial charge is 0.0147 e. The van der Waals surface area contributed by atoms with Gasteiger partial charge in [-0.25, -0.2) is 0 Å². The standard InChI is InChI=1S/C12H24/c1-6-8-9-11(3)12(4,5)10-7-2/h3,6-10H2,1-2,4-5H3. The van der Waals surface area contributed by atoms with E-state index in [1.54, 1.807) is 0 Å². The molecule has 0 aliphatic rings. The fourth-order valence-electron chi connectivity index (χ4n) is 1.53. The lowest BCUT2D eigenvalue weighted by Crippen LogP contribution is -2.13. The van der Waals surface area contributed by atoms with Gasteiger partial charge in [-0.1, -0.05) is 52.7 Å². The molecule has 0 saturated heterocycles. The zero-order valence-corrected chi connectivity index (χ0v) is 9.24. The largest absolute Gasteiger partial charge is 0.0993 e. The van der Waals surface area contributed by atoms with Gasteiger partial charge in [0.2, 0.25) is 0 Å². The zero-order chi connectivity index (χ0) is 9.61. The van der Waals surface area contributed by atoms with Crippen LogP contribution in [0.15, 0.2) is 12.2 Å². The van der Waals surface area contributed by atoms with E-state index in [9.17, 15) is 0 Å². The summed E-state index contributed by atoms with van der Waals surface area (Å²) in [6, 6.07) is 0. The minimum atomic E-state index is 0.365. The quantitative estimate of drug-likeness (QED) is 0.510. The van der Waals surface area contributed by atoms with Gasteiger partial charge in [0.05, 0.1) is 0 Å². The van der Waals surface area contributed by atoms with Crippen molar-refractivity contribution in [1.29, 1.82) is 0 Å². The fraction of sp³-hybridized carbons (Fsp3) is 0.833. The number of hydrogen-bond donors (Lipinski definition) is 0. The minimum Gasteiger partial charge on any atom is -0.0993 e. The molecule has 0 amide bonds. The average Bonchev–Trinajstić information content (AvgIpc) is 2.00. The van der Waals surface area contributed by atoms with Crippen LogP contribution < -0.4 is 0 Å². The molecule has 0 N–H and O–H groups in total. The van der Waals surface area contributed by atoms with Crippen LogP contribution in [0.25, 0.3) is 0 Å². The summed E-state index contributed by atoms with van der Waals surface area (Å²) >= 11 is 0. The lowest BCUT2D eigenvalue weighted by Gasteiger charge is -2.26. The Hall–Kier alpha value is -0.260. The molecule has 0 fully saturated rings. The molecule has 0 heterocycles. The summed E-state index contributed by atoms with van der Waals surface area (Å²) in [4.78, 5) is 0. The van der Waals surface area contributed by atoms with Crippen molar-refractivity contribution in [2.75, 3.05) is 0 Å². The summed E-state index contributed by atoms with van der Waals surface area (Å²) in [6.07, 6.45) is 6.32. The van der Waals surface area contributed by atoms with Crippen molar-refractivity contribution < 1.29 is 0 Å². The summed E-state index contributed by atoms with van der Waals surface area (Å²) in [7, 11) is 0. The number of unbranched alkanes of at least 4 members (excludes halogenated alkanes) is 1. The molecule has 0 bridgehead atoms. The maximum atomic E-state index is 4.18. The van der Waals surface area contributed by atoms with Crippen molar-refractivity contribution >= 4 is 0 Å². The van der Waals surface area contributed by atoms with Crippen LogP contribution in [0, 0.1) is 5.41 Å². The molecule has 0 rings (SSSR count). The first-order chi connectivity index (χ1) is 5.54. The molecule has 72 valence electrons. The van der Waals surface area contributed by atoms with Gasteiger partial charge < -0.3 is 0 Å². The lowest BCUT2D eigenvalue weighted by molar-refractivity contribution is 0.388. The summed E-state index contributed by atoms with van der Waals surface area (Å²) < 4.78 is 0. The molecule has 12 heavy (non-hydrogen) atoms. The molecule has 0 aliphatic carbocycles. The monoisotopic (exact) mass is 168 g/mol. The maximum Gasteiger partial charge on any atom is -0.0147 e. The fourth-order valence-corrected chi connectivity index (χ4v) is 1.53. The van der Waals surface area contributed by atoms with Crippen LogP contribution >= 0.6 is 0 Å². The van der Waals surface area contributed by atoms with E-state index < -0.39 is 0 Å². The highest BCUT2D eigenvalue weighted by Gasteiger charge is 2.19. The highest BCUT2D eigenvalue weighted by atomic mass is 14.2. The van der Waals surface area contributed by atoms with E-state index in [1.165, 1.54) is 37.7 Å². The lowest BCUT2D eigenvalue weighted by atomic mass is 9.79. The highest BCUT2D eigenvalue weighted by molar-refractivity contribution is 5.06. The van der Waals surface area contributed by atoms with E-state index in [1.807, 2.05) is 0 Å². The third-order valence-electron chi connectivity index (χ3n) is 2.66. The van der Waals surface area contributed by atoms with Gasteiger partial charge in [-0.2, -0.15) is 0 Å². The van der Waals surface area contributed by atoms with E-state index in [4.69, 9.17) is 0 Å². The van der Waals surface area contributed by atoms with E-state index in [2.05, 4.69) is 34.3 Å². The molecule has 0 aromatic heterocycles. The first kappa shape index (κ1) is 11.7. The molecule has 0 aliphatic heterocycles. The van der Waals surface area contributed by atoms with Crippen LogP contribution in [0.1, 0.15) is 59.8 Å². The Bertz CT molecular complexity index is 131. The zero-order valence-electron chi connectivity index (χ0n) is 9.24. The third-order valence-corrected chi connectivity index (χ3v) is 2.66. The van der Waals surface area contributed by atoms with Crippen molar-refractivity contribution in [2.45, 2.75) is 59.8 Å². The number of hydrogen-bond acceptors (Lipinski definition) is 0. The molecule has 0 nitrogen and oxygen atoms in total. The Morgan fingerprint density at radius 2 is 1.75 bits per heavy atom. The van der Waals surface area contributed by atoms with Gasteiger partial charge in [0.25, 0.3) is 0 Å². The molecule has 0 spiro atoms. The molecular formula is C12H24. The first-order valence-corrected chi connectivity index (χ1v) is 5.22. The molecule has 0 aromatic carbocycles. The second-order valence-corrected chi connectivity index (χ2v) is 4.34. The van der Waals surface area contributed by atoms with Crippen molar-refractivity contribution in [3.05, 3.63) is 12.2 Å². The molecular weight excluding hydrogens is 144 g/mol. The van der Waals surface area contributed by atoms with Gasteiger partial charge in [0.15, 0.2) is 0 Å². The van der Waals surface area contributed by atoms with E-state index in [-0.39, 0.29) is 0 Å². The number of rotatable bonds is 6. The van der Waals surface area contributed by atoms with E-state index in [0.717, 1.165) is 0 Å². The molecule has 0 saturated carbocycles. The predicted octanol–water partition coefficient (Wildman–Crippen LogP) is 4.56. The van der Waals surface area contributed by atoms with Crippen LogP contribution in [0.2, 0.25) is 0 Å². The normalized spacial score (nSPS) is 11.7. The second-order valence-electron chi connectivity index (χ2n) is 4.34. The summed E-state index contributed by atoms with van der Waals surface area (Å²) in [5, 5.41) is 0. The van der Waals surface area contributed by atoms with Gasteiger partial charge in [-0.3, -0.25) is 0 Å². The van der Waals surface area contributed by atoms with Crippen molar-refractivity contribution in [3.8, 4) is 0 Å². The van der Waals surface area contributed by atoms with E-state index >= 15 is 0 Å². The minimum absolute atomic E-state index is 0.365. The van der Waals surface area contributed by atoms with Crippen LogP contribution in [-0.2, 0) is 0 Å². The van der Waals surface area contributed by atoms with Gasteiger partial charge >= 0.3 is 0 Å². The van der Waals surface area contributed by atoms with Crippen LogP contribution in [0.3, 0.4) is 0 Å². The van der Waals surface area contributed by atoms with Crippen LogP contribution in [-0.4, -0.2) is 0 Å². The number of allylic oxidation sites excluding steroid dienone is 1. The Morgan fingerprint density at radius 3 is 2.17 bits per heavy atom. The van der Waals surface area contributed by atoms with Gasteiger partial charge in [0.1, 0.15) is 0 Å². The molecule has 0 atom stereocenters. The Kier molecular flexibility index (Phi) is 5.28. The average molecular weight is 168 g/mol. The van der Waals surface area contributed by atoms with Crippen molar-refractivity contribution in [3.63, 3.8) is 0 Å². The van der Waals surface area contributed by atoms with Crippen LogP contribution in [0.4, 0.5) is 0 Å². The summed E-state index contributed by atoms with van der Waals surface area (Å²) in [5.41, 5.74) is 1.80. The van der Waals surface area contributed by atoms with Gasteiger partial charge in [0, 0.05) is 0 Å². The predicted molar refractivity (Wildman–Crippen MR) is 57.4 cm³/mol. The highest BCUT2D eigenvalue weighted by Crippen LogP contribution is 2.33.